The van der Waals surface area contributed by atoms with E-state index in [0.29, 0.717) is 22.8 Å². The van der Waals surface area contributed by atoms with Gasteiger partial charge in [0, 0.05) is 16.9 Å². The minimum atomic E-state index is -0.312. The summed E-state index contributed by atoms with van der Waals surface area (Å²) in [4.78, 5) is 12.9. The van der Waals surface area contributed by atoms with Crippen LogP contribution in [-0.2, 0) is 4.79 Å². The highest BCUT2D eigenvalue weighted by Gasteiger charge is 2.46. The lowest BCUT2D eigenvalue weighted by molar-refractivity contribution is -0.114. The molecule has 1 spiro atoms. The molecule has 0 amide bonds. The number of halogens is 1. The highest BCUT2D eigenvalue weighted by molar-refractivity contribution is 6.30. The number of carbonyl (C=O) groups is 1. The number of carbonyl (C=O) groups excluding carboxylic acids is 1. The van der Waals surface area contributed by atoms with Crippen LogP contribution in [0.3, 0.4) is 0 Å². The van der Waals surface area contributed by atoms with Crippen molar-refractivity contribution < 1.29 is 9.90 Å². The maximum absolute atomic E-state index is 12.9. The van der Waals surface area contributed by atoms with Gasteiger partial charge < -0.3 is 5.11 Å². The van der Waals surface area contributed by atoms with Gasteiger partial charge in [0.25, 0.3) is 0 Å². The number of hydrogen-bond acceptors (Lipinski definition) is 2. The topological polar surface area (TPSA) is 37.3 Å². The number of allylic oxidation sites excluding steroid dienone is 2. The molecule has 1 N–H and O–H groups in total. The van der Waals surface area contributed by atoms with Crippen molar-refractivity contribution in [3.63, 3.8) is 0 Å². The minimum Gasteiger partial charge on any atom is -0.511 e. The molecule has 134 valence electrons. The fourth-order valence-corrected chi connectivity index (χ4v) is 4.64. The molecule has 2 aromatic rings. The molecule has 0 aromatic heterocycles. The van der Waals surface area contributed by atoms with Crippen LogP contribution in [0.25, 0.3) is 16.7 Å². The van der Waals surface area contributed by atoms with Gasteiger partial charge >= 0.3 is 0 Å². The largest absolute Gasteiger partial charge is 0.511 e. The molecule has 0 atom stereocenters. The Morgan fingerprint density at radius 1 is 0.962 bits per heavy atom. The normalized spacial score (nSPS) is 19.4. The van der Waals surface area contributed by atoms with E-state index in [1.807, 2.05) is 43.3 Å². The molecule has 0 aliphatic heterocycles. The molecule has 2 aromatic carbocycles. The number of aliphatic hydroxyl groups is 1. The second-order valence-electron chi connectivity index (χ2n) is 7.70. The summed E-state index contributed by atoms with van der Waals surface area (Å²) in [6, 6.07) is 13.8. The maximum Gasteiger partial charge on any atom is 0.167 e. The number of Topliss-reactive ketones (excluding diaryl/α,β-unsaturated/α-hetero) is 1. The molecular formula is C23H23ClO2. The standard InChI is InChI=1S/C23H23ClO2/c1-15-5-6-17(16-7-9-18(24)10-8-16)13-19(15)21-20(25)14-23(22(21)26)11-3-2-4-12-23/h5-10,13,26H,2-4,11-12,14H2,1H3. The van der Waals surface area contributed by atoms with E-state index in [0.717, 1.165) is 47.9 Å². The smallest absolute Gasteiger partial charge is 0.167 e. The second kappa shape index (κ2) is 6.59. The lowest BCUT2D eigenvalue weighted by Gasteiger charge is -2.32. The summed E-state index contributed by atoms with van der Waals surface area (Å²) in [5.41, 5.74) is 4.19. The summed E-state index contributed by atoms with van der Waals surface area (Å²) < 4.78 is 0. The molecule has 1 fully saturated rings. The third-order valence-electron chi connectivity index (χ3n) is 6.01. The SMILES string of the molecule is Cc1ccc(-c2ccc(Cl)cc2)cc1C1=C(O)C2(CCCCC2)CC1=O. The van der Waals surface area contributed by atoms with Gasteiger partial charge in [-0.05, 0) is 60.2 Å². The van der Waals surface area contributed by atoms with Gasteiger partial charge in [-0.25, -0.2) is 0 Å². The Hall–Kier alpha value is -2.06. The van der Waals surface area contributed by atoms with E-state index in [1.165, 1.54) is 6.42 Å². The van der Waals surface area contributed by atoms with Gasteiger partial charge in [0.2, 0.25) is 0 Å². The quantitative estimate of drug-likeness (QED) is 0.657. The van der Waals surface area contributed by atoms with Crippen molar-refractivity contribution in [3.05, 3.63) is 64.4 Å². The summed E-state index contributed by atoms with van der Waals surface area (Å²) in [7, 11) is 0. The summed E-state index contributed by atoms with van der Waals surface area (Å²) >= 11 is 5.99. The van der Waals surface area contributed by atoms with E-state index in [2.05, 4.69) is 6.07 Å². The van der Waals surface area contributed by atoms with Crippen LogP contribution < -0.4 is 0 Å². The van der Waals surface area contributed by atoms with Crippen LogP contribution in [-0.4, -0.2) is 10.9 Å². The highest BCUT2D eigenvalue weighted by atomic mass is 35.5. The molecule has 1 saturated carbocycles. The van der Waals surface area contributed by atoms with Crippen LogP contribution in [0.4, 0.5) is 0 Å². The third-order valence-corrected chi connectivity index (χ3v) is 6.26. The lowest BCUT2D eigenvalue weighted by atomic mass is 9.72. The van der Waals surface area contributed by atoms with Gasteiger partial charge in [-0.1, -0.05) is 55.1 Å². The van der Waals surface area contributed by atoms with E-state index in [-0.39, 0.29) is 11.2 Å². The Bertz CT molecular complexity index is 887. The molecule has 0 unspecified atom stereocenters. The monoisotopic (exact) mass is 366 g/mol. The number of ketones is 1. The number of aliphatic hydroxyl groups excluding tert-OH is 1. The first-order valence-electron chi connectivity index (χ1n) is 9.34. The number of benzene rings is 2. The van der Waals surface area contributed by atoms with Crippen molar-refractivity contribution in [2.75, 3.05) is 0 Å². The molecule has 0 bridgehead atoms. The van der Waals surface area contributed by atoms with Crippen molar-refractivity contribution >= 4 is 23.0 Å². The Morgan fingerprint density at radius 2 is 1.62 bits per heavy atom. The van der Waals surface area contributed by atoms with E-state index in [4.69, 9.17) is 11.6 Å². The first kappa shape index (κ1) is 17.4. The van der Waals surface area contributed by atoms with Crippen molar-refractivity contribution in [2.24, 2.45) is 5.41 Å². The van der Waals surface area contributed by atoms with Gasteiger partial charge in [-0.15, -0.1) is 0 Å². The molecule has 0 heterocycles. The number of aryl methyl sites for hydroxylation is 1. The van der Waals surface area contributed by atoms with Crippen molar-refractivity contribution in [2.45, 2.75) is 45.4 Å². The number of hydrogen-bond donors (Lipinski definition) is 1. The van der Waals surface area contributed by atoms with Crippen LogP contribution in [0.5, 0.6) is 0 Å². The minimum absolute atomic E-state index is 0.0840. The molecule has 0 saturated heterocycles. The van der Waals surface area contributed by atoms with Gasteiger partial charge in [0.15, 0.2) is 5.78 Å². The average molecular weight is 367 g/mol. The predicted octanol–water partition coefficient (Wildman–Crippen LogP) is 6.51. The second-order valence-corrected chi connectivity index (χ2v) is 8.14. The predicted molar refractivity (Wildman–Crippen MR) is 106 cm³/mol. The average Bonchev–Trinajstić information content (AvgIpc) is 2.87. The van der Waals surface area contributed by atoms with Crippen LogP contribution in [0.1, 0.15) is 49.7 Å². The summed E-state index contributed by atoms with van der Waals surface area (Å²) in [6.07, 6.45) is 5.68. The Labute approximate surface area is 159 Å². The molecule has 0 radical (unpaired) electrons. The Kier molecular flexibility index (Phi) is 4.40. The maximum atomic E-state index is 12.9. The van der Waals surface area contributed by atoms with Gasteiger partial charge in [-0.3, -0.25) is 4.79 Å². The Morgan fingerprint density at radius 3 is 2.31 bits per heavy atom. The molecular weight excluding hydrogens is 344 g/mol. The van der Waals surface area contributed by atoms with Crippen molar-refractivity contribution in [3.8, 4) is 11.1 Å². The first-order valence-corrected chi connectivity index (χ1v) is 9.72. The molecule has 4 rings (SSSR count). The zero-order valence-corrected chi connectivity index (χ0v) is 15.8. The first-order chi connectivity index (χ1) is 12.5. The number of rotatable bonds is 2. The fraction of sp³-hybridized carbons (Fsp3) is 0.348. The molecule has 2 nitrogen and oxygen atoms in total. The van der Waals surface area contributed by atoms with E-state index >= 15 is 0 Å². The highest BCUT2D eigenvalue weighted by Crippen LogP contribution is 2.52. The van der Waals surface area contributed by atoms with E-state index in [1.54, 1.807) is 0 Å². The van der Waals surface area contributed by atoms with Crippen LogP contribution >= 0.6 is 11.6 Å². The Balaban J connectivity index is 1.80. The van der Waals surface area contributed by atoms with Crippen LogP contribution in [0, 0.1) is 12.3 Å². The molecule has 3 heteroatoms. The van der Waals surface area contributed by atoms with Gasteiger partial charge in [0.1, 0.15) is 5.76 Å². The van der Waals surface area contributed by atoms with Crippen LogP contribution in [0.2, 0.25) is 5.02 Å². The van der Waals surface area contributed by atoms with Gasteiger partial charge in [0.05, 0.1) is 5.57 Å². The zero-order valence-electron chi connectivity index (χ0n) is 15.0. The lowest BCUT2D eigenvalue weighted by Crippen LogP contribution is -2.24. The van der Waals surface area contributed by atoms with E-state index < -0.39 is 0 Å². The summed E-state index contributed by atoms with van der Waals surface area (Å²) in [5.74, 6) is 0.416. The summed E-state index contributed by atoms with van der Waals surface area (Å²) in [5, 5.41) is 11.8. The fourth-order valence-electron chi connectivity index (χ4n) is 4.51. The third kappa shape index (κ3) is 2.87. The molecule has 26 heavy (non-hydrogen) atoms. The molecule has 2 aliphatic rings. The van der Waals surface area contributed by atoms with E-state index in [9.17, 15) is 9.90 Å². The van der Waals surface area contributed by atoms with Gasteiger partial charge in [-0.2, -0.15) is 0 Å². The zero-order chi connectivity index (χ0) is 18.3. The summed E-state index contributed by atoms with van der Waals surface area (Å²) in [6.45, 7) is 2.00. The van der Waals surface area contributed by atoms with Crippen LogP contribution in [0.15, 0.2) is 48.2 Å². The van der Waals surface area contributed by atoms with Crippen molar-refractivity contribution in [1.29, 1.82) is 0 Å². The molecule has 2 aliphatic carbocycles. The van der Waals surface area contributed by atoms with Crippen molar-refractivity contribution in [1.82, 2.24) is 0 Å².